The Morgan fingerprint density at radius 2 is 1.88 bits per heavy atom. The molecule has 3 heterocycles. The summed E-state index contributed by atoms with van der Waals surface area (Å²) in [7, 11) is 0. The number of hydrogen-bond acceptors (Lipinski definition) is 4. The lowest BCUT2D eigenvalue weighted by atomic mass is 9.95. The summed E-state index contributed by atoms with van der Waals surface area (Å²) in [5, 5.41) is 7.64. The van der Waals surface area contributed by atoms with Crippen LogP contribution in [-0.4, -0.2) is 43.6 Å². The van der Waals surface area contributed by atoms with Gasteiger partial charge in [0.1, 0.15) is 5.82 Å². The van der Waals surface area contributed by atoms with Crippen LogP contribution < -0.4 is 5.32 Å². The fourth-order valence-electron chi connectivity index (χ4n) is 4.52. The van der Waals surface area contributed by atoms with E-state index in [0.29, 0.717) is 0 Å². The molecule has 7 heteroatoms. The van der Waals surface area contributed by atoms with Gasteiger partial charge in [-0.3, -0.25) is 14.4 Å². The van der Waals surface area contributed by atoms with E-state index in [2.05, 4.69) is 45.3 Å². The molecule has 1 saturated heterocycles. The Balaban J connectivity index is 1.15. The summed E-state index contributed by atoms with van der Waals surface area (Å²) < 4.78 is 1.99. The molecule has 1 aliphatic rings. The van der Waals surface area contributed by atoms with Gasteiger partial charge in [0.25, 0.3) is 0 Å². The molecule has 7 nitrogen and oxygen atoms in total. The lowest BCUT2D eigenvalue weighted by molar-refractivity contribution is -0.121. The molecule has 4 aromatic rings. The summed E-state index contributed by atoms with van der Waals surface area (Å²) in [4.78, 5) is 23.3. The number of nitrogens with zero attached hydrogens (tertiary/aromatic N) is 4. The van der Waals surface area contributed by atoms with Gasteiger partial charge in [0, 0.05) is 42.0 Å². The lowest BCUT2D eigenvalue weighted by Gasteiger charge is -2.31. The first-order valence-electron chi connectivity index (χ1n) is 11.7. The molecule has 0 unspecified atom stereocenters. The van der Waals surface area contributed by atoms with Crippen LogP contribution in [0.15, 0.2) is 54.7 Å². The SMILES string of the molecule is CCn1cc(CN2CCC(C(=O)Nc3ccc(-c4nc5ccccc5[nH]4)cc3)CC2)c(C)n1. The van der Waals surface area contributed by atoms with Crippen LogP contribution in [0, 0.1) is 12.8 Å². The maximum absolute atomic E-state index is 12.8. The molecule has 2 aromatic heterocycles. The number of benzene rings is 2. The Morgan fingerprint density at radius 3 is 2.58 bits per heavy atom. The van der Waals surface area contributed by atoms with Crippen molar-refractivity contribution in [3.63, 3.8) is 0 Å². The van der Waals surface area contributed by atoms with Gasteiger partial charge in [0.2, 0.25) is 5.91 Å². The van der Waals surface area contributed by atoms with Gasteiger partial charge in [0.15, 0.2) is 0 Å². The highest BCUT2D eigenvalue weighted by Gasteiger charge is 2.25. The summed E-state index contributed by atoms with van der Waals surface area (Å²) in [6, 6.07) is 15.9. The van der Waals surface area contributed by atoms with Crippen LogP contribution in [0.4, 0.5) is 5.69 Å². The Kier molecular flexibility index (Phi) is 5.96. The van der Waals surface area contributed by atoms with Crippen LogP contribution in [0.25, 0.3) is 22.4 Å². The molecule has 0 spiro atoms. The summed E-state index contributed by atoms with van der Waals surface area (Å²) in [6.07, 6.45) is 3.90. The molecule has 0 atom stereocenters. The van der Waals surface area contributed by atoms with Crippen molar-refractivity contribution < 1.29 is 4.79 Å². The third-order valence-electron chi connectivity index (χ3n) is 6.54. The molecule has 0 bridgehead atoms. The average molecular weight is 443 g/mol. The number of fused-ring (bicyclic) bond motifs is 1. The molecule has 0 aliphatic carbocycles. The van der Waals surface area contributed by atoms with E-state index in [9.17, 15) is 4.79 Å². The second kappa shape index (κ2) is 9.19. The number of aromatic amines is 1. The number of piperidine rings is 1. The van der Waals surface area contributed by atoms with Crippen molar-refractivity contribution in [1.82, 2.24) is 24.6 Å². The van der Waals surface area contributed by atoms with Crippen molar-refractivity contribution >= 4 is 22.6 Å². The zero-order valence-electron chi connectivity index (χ0n) is 19.2. The van der Waals surface area contributed by atoms with Gasteiger partial charge in [-0.15, -0.1) is 0 Å². The summed E-state index contributed by atoms with van der Waals surface area (Å²) >= 11 is 0. The Bertz CT molecular complexity index is 1210. The number of aromatic nitrogens is 4. The monoisotopic (exact) mass is 442 g/mol. The van der Waals surface area contributed by atoms with Crippen LogP contribution in [0.1, 0.15) is 31.0 Å². The molecule has 170 valence electrons. The normalized spacial score (nSPS) is 15.2. The summed E-state index contributed by atoms with van der Waals surface area (Å²) in [6.45, 7) is 7.83. The number of hydrogen-bond donors (Lipinski definition) is 2. The first-order valence-corrected chi connectivity index (χ1v) is 11.7. The van der Waals surface area contributed by atoms with Gasteiger partial charge < -0.3 is 10.3 Å². The van der Waals surface area contributed by atoms with Crippen molar-refractivity contribution in [2.75, 3.05) is 18.4 Å². The Labute approximate surface area is 193 Å². The number of rotatable bonds is 6. The van der Waals surface area contributed by atoms with Crippen LogP contribution >= 0.6 is 0 Å². The number of likely N-dealkylation sites (tertiary alicyclic amines) is 1. The van der Waals surface area contributed by atoms with E-state index in [0.717, 1.165) is 72.8 Å². The quantitative estimate of drug-likeness (QED) is 0.457. The maximum Gasteiger partial charge on any atom is 0.227 e. The smallest absolute Gasteiger partial charge is 0.227 e. The molecule has 2 aromatic carbocycles. The first kappa shape index (κ1) is 21.4. The van der Waals surface area contributed by atoms with Crippen molar-refractivity contribution in [3.8, 4) is 11.4 Å². The molecule has 33 heavy (non-hydrogen) atoms. The number of carbonyl (C=O) groups is 1. The van der Waals surface area contributed by atoms with E-state index in [1.54, 1.807) is 0 Å². The number of anilines is 1. The number of aryl methyl sites for hydroxylation is 2. The van der Waals surface area contributed by atoms with Gasteiger partial charge in [-0.1, -0.05) is 12.1 Å². The highest BCUT2D eigenvalue weighted by Crippen LogP contribution is 2.24. The highest BCUT2D eigenvalue weighted by atomic mass is 16.1. The van der Waals surface area contributed by atoms with Gasteiger partial charge in [-0.2, -0.15) is 5.10 Å². The minimum absolute atomic E-state index is 0.0516. The van der Waals surface area contributed by atoms with Gasteiger partial charge in [-0.25, -0.2) is 4.98 Å². The van der Waals surface area contributed by atoms with E-state index in [1.807, 2.05) is 53.2 Å². The van der Waals surface area contributed by atoms with Gasteiger partial charge in [0.05, 0.1) is 16.7 Å². The molecule has 1 amide bonds. The van der Waals surface area contributed by atoms with E-state index >= 15 is 0 Å². The minimum atomic E-state index is 0.0516. The third kappa shape index (κ3) is 4.68. The highest BCUT2D eigenvalue weighted by molar-refractivity contribution is 5.93. The van der Waals surface area contributed by atoms with Crippen LogP contribution in [0.5, 0.6) is 0 Å². The minimum Gasteiger partial charge on any atom is -0.338 e. The molecule has 2 N–H and O–H groups in total. The van der Waals surface area contributed by atoms with E-state index in [4.69, 9.17) is 0 Å². The van der Waals surface area contributed by atoms with E-state index in [-0.39, 0.29) is 11.8 Å². The third-order valence-corrected chi connectivity index (χ3v) is 6.54. The van der Waals surface area contributed by atoms with Crippen LogP contribution in [0.3, 0.4) is 0 Å². The molecule has 5 rings (SSSR count). The largest absolute Gasteiger partial charge is 0.338 e. The molecule has 0 radical (unpaired) electrons. The average Bonchev–Trinajstić information content (AvgIpc) is 3.43. The molecular formula is C26H30N6O. The topological polar surface area (TPSA) is 78.8 Å². The fraction of sp³-hybridized carbons (Fsp3) is 0.346. The van der Waals surface area contributed by atoms with Crippen molar-refractivity contribution in [2.24, 2.45) is 5.92 Å². The standard InChI is InChI=1S/C26H30N6O/c1-3-32-17-21(18(2)30-32)16-31-14-12-20(13-15-31)26(33)27-22-10-8-19(9-11-22)25-28-23-6-4-5-7-24(23)29-25/h4-11,17,20H,3,12-16H2,1-2H3,(H,27,33)(H,28,29). The van der Waals surface area contributed by atoms with Crippen molar-refractivity contribution in [3.05, 3.63) is 66.0 Å². The molecular weight excluding hydrogens is 412 g/mol. The van der Waals surface area contributed by atoms with E-state index in [1.165, 1.54) is 5.56 Å². The first-order chi connectivity index (χ1) is 16.1. The fourth-order valence-corrected chi connectivity index (χ4v) is 4.52. The number of amides is 1. The molecule has 1 aliphatic heterocycles. The number of H-pyrrole nitrogens is 1. The van der Waals surface area contributed by atoms with Crippen molar-refractivity contribution in [1.29, 1.82) is 0 Å². The molecule has 0 saturated carbocycles. The second-order valence-corrected chi connectivity index (χ2v) is 8.82. The molecule has 1 fully saturated rings. The predicted molar refractivity (Wildman–Crippen MR) is 131 cm³/mol. The lowest BCUT2D eigenvalue weighted by Crippen LogP contribution is -2.37. The number of imidazole rings is 1. The van der Waals surface area contributed by atoms with Gasteiger partial charge >= 0.3 is 0 Å². The zero-order chi connectivity index (χ0) is 22.8. The summed E-state index contributed by atoms with van der Waals surface area (Å²) in [5.41, 5.74) is 6.17. The number of carbonyl (C=O) groups excluding carboxylic acids is 1. The van der Waals surface area contributed by atoms with Crippen molar-refractivity contribution in [2.45, 2.75) is 39.8 Å². The maximum atomic E-state index is 12.8. The van der Waals surface area contributed by atoms with E-state index < -0.39 is 0 Å². The predicted octanol–water partition coefficient (Wildman–Crippen LogP) is 4.61. The number of para-hydroxylation sites is 2. The van der Waals surface area contributed by atoms with Gasteiger partial charge in [-0.05, 0) is 76.2 Å². The Morgan fingerprint density at radius 1 is 1.12 bits per heavy atom. The Hall–Kier alpha value is -3.45. The second-order valence-electron chi connectivity index (χ2n) is 8.82. The van der Waals surface area contributed by atoms with Crippen LogP contribution in [0.2, 0.25) is 0 Å². The zero-order valence-corrected chi connectivity index (χ0v) is 19.2. The van der Waals surface area contributed by atoms with Crippen LogP contribution in [-0.2, 0) is 17.9 Å². The summed E-state index contributed by atoms with van der Waals surface area (Å²) in [5.74, 6) is 0.998. The number of nitrogens with one attached hydrogen (secondary N) is 2.